The van der Waals surface area contributed by atoms with Crippen LogP contribution < -0.4 is 10.2 Å². The predicted octanol–water partition coefficient (Wildman–Crippen LogP) is 2.66. The average Bonchev–Trinajstić information content (AvgIpc) is 2.59. The summed E-state index contributed by atoms with van der Waals surface area (Å²) in [4.78, 5) is 28.1. The van der Waals surface area contributed by atoms with Crippen molar-refractivity contribution < 1.29 is 9.59 Å². The van der Waals surface area contributed by atoms with Gasteiger partial charge < -0.3 is 15.1 Å². The Hall–Kier alpha value is -2.04. The van der Waals surface area contributed by atoms with Crippen molar-refractivity contribution in [3.63, 3.8) is 0 Å². The molecule has 0 aromatic heterocycles. The number of likely N-dealkylation sites (tertiary alicyclic amines) is 1. The summed E-state index contributed by atoms with van der Waals surface area (Å²) >= 11 is 0. The lowest BCUT2D eigenvalue weighted by molar-refractivity contribution is -0.120. The largest absolute Gasteiger partial charge is 0.372 e. The molecule has 1 heterocycles. The van der Waals surface area contributed by atoms with Crippen LogP contribution in [0.4, 0.5) is 5.69 Å². The molecular formula is C19H29N3O2. The third-order valence-corrected chi connectivity index (χ3v) is 4.47. The molecule has 24 heavy (non-hydrogen) atoms. The van der Waals surface area contributed by atoms with Crippen LogP contribution in [-0.2, 0) is 4.79 Å². The van der Waals surface area contributed by atoms with E-state index < -0.39 is 0 Å². The normalized spacial score (nSPS) is 17.5. The van der Waals surface area contributed by atoms with E-state index in [1.165, 1.54) is 6.92 Å². The van der Waals surface area contributed by atoms with Gasteiger partial charge in [0.15, 0.2) is 0 Å². The summed E-state index contributed by atoms with van der Waals surface area (Å²) in [6, 6.07) is 7.96. The smallest absolute Gasteiger partial charge is 0.253 e. The SMILES string of the molecule is CCCN(CC)c1ccc(C(=O)N2CCCC(NC(C)=O)C2)cc1. The molecule has 1 atom stereocenters. The van der Waals surface area contributed by atoms with Gasteiger partial charge >= 0.3 is 0 Å². The molecule has 1 fully saturated rings. The molecule has 132 valence electrons. The molecule has 0 radical (unpaired) electrons. The molecule has 5 heteroatoms. The number of piperidine rings is 1. The molecule has 0 spiro atoms. The highest BCUT2D eigenvalue weighted by molar-refractivity contribution is 5.94. The minimum absolute atomic E-state index is 0.0331. The van der Waals surface area contributed by atoms with Gasteiger partial charge in [-0.3, -0.25) is 9.59 Å². The van der Waals surface area contributed by atoms with E-state index >= 15 is 0 Å². The van der Waals surface area contributed by atoms with E-state index in [0.29, 0.717) is 6.54 Å². The van der Waals surface area contributed by atoms with Gasteiger partial charge in [0.05, 0.1) is 0 Å². The minimum Gasteiger partial charge on any atom is -0.372 e. The van der Waals surface area contributed by atoms with E-state index in [4.69, 9.17) is 0 Å². The number of nitrogens with zero attached hydrogens (tertiary/aromatic N) is 2. The van der Waals surface area contributed by atoms with E-state index in [9.17, 15) is 9.59 Å². The molecule has 1 aliphatic rings. The first kappa shape index (κ1) is 18.3. The lowest BCUT2D eigenvalue weighted by atomic mass is 10.0. The van der Waals surface area contributed by atoms with Gasteiger partial charge in [0.1, 0.15) is 0 Å². The molecular weight excluding hydrogens is 302 g/mol. The van der Waals surface area contributed by atoms with Crippen LogP contribution in [0.15, 0.2) is 24.3 Å². The molecule has 1 N–H and O–H groups in total. The zero-order valence-corrected chi connectivity index (χ0v) is 15.0. The quantitative estimate of drug-likeness (QED) is 0.872. The topological polar surface area (TPSA) is 52.7 Å². The Balaban J connectivity index is 2.02. The van der Waals surface area contributed by atoms with Crippen LogP contribution in [0.25, 0.3) is 0 Å². The van der Waals surface area contributed by atoms with Crippen molar-refractivity contribution in [3.8, 4) is 0 Å². The summed E-state index contributed by atoms with van der Waals surface area (Å²) in [6.07, 6.45) is 2.96. The summed E-state index contributed by atoms with van der Waals surface area (Å²) < 4.78 is 0. The van der Waals surface area contributed by atoms with E-state index in [-0.39, 0.29) is 17.9 Å². The molecule has 1 aliphatic heterocycles. The maximum absolute atomic E-state index is 12.7. The molecule has 0 saturated carbocycles. The van der Waals surface area contributed by atoms with Gasteiger partial charge in [-0.2, -0.15) is 0 Å². The van der Waals surface area contributed by atoms with E-state index in [1.54, 1.807) is 0 Å². The molecule has 1 unspecified atom stereocenters. The summed E-state index contributed by atoms with van der Waals surface area (Å²) in [7, 11) is 0. The van der Waals surface area contributed by atoms with Gasteiger partial charge in [-0.1, -0.05) is 6.92 Å². The van der Waals surface area contributed by atoms with Crippen LogP contribution in [0.3, 0.4) is 0 Å². The van der Waals surface area contributed by atoms with Gasteiger partial charge in [-0.25, -0.2) is 0 Å². The summed E-state index contributed by atoms with van der Waals surface area (Å²) in [6.45, 7) is 9.17. The number of hydrogen-bond donors (Lipinski definition) is 1. The Kier molecular flexibility index (Phi) is 6.64. The monoisotopic (exact) mass is 331 g/mol. The van der Waals surface area contributed by atoms with Crippen molar-refractivity contribution in [3.05, 3.63) is 29.8 Å². The Morgan fingerprint density at radius 3 is 2.54 bits per heavy atom. The third-order valence-electron chi connectivity index (χ3n) is 4.47. The highest BCUT2D eigenvalue weighted by Crippen LogP contribution is 2.18. The molecule has 2 rings (SSSR count). The second-order valence-electron chi connectivity index (χ2n) is 6.42. The van der Waals surface area contributed by atoms with E-state index in [2.05, 4.69) is 24.1 Å². The van der Waals surface area contributed by atoms with Gasteiger partial charge in [0, 0.05) is 50.4 Å². The number of rotatable bonds is 6. The van der Waals surface area contributed by atoms with Crippen LogP contribution in [0.1, 0.15) is 50.4 Å². The molecule has 1 aromatic rings. The molecule has 0 bridgehead atoms. The molecule has 0 aliphatic carbocycles. The van der Waals surface area contributed by atoms with Crippen molar-refractivity contribution in [1.82, 2.24) is 10.2 Å². The fourth-order valence-corrected chi connectivity index (χ4v) is 3.30. The van der Waals surface area contributed by atoms with E-state index in [0.717, 1.165) is 50.1 Å². The predicted molar refractivity (Wildman–Crippen MR) is 97.4 cm³/mol. The Morgan fingerprint density at radius 2 is 1.96 bits per heavy atom. The first-order valence-electron chi connectivity index (χ1n) is 8.96. The van der Waals surface area contributed by atoms with Crippen LogP contribution in [-0.4, -0.2) is 48.9 Å². The number of nitrogens with one attached hydrogen (secondary N) is 1. The molecule has 2 amide bonds. The second-order valence-corrected chi connectivity index (χ2v) is 6.42. The Morgan fingerprint density at radius 1 is 1.25 bits per heavy atom. The molecule has 5 nitrogen and oxygen atoms in total. The maximum atomic E-state index is 12.7. The molecule has 1 saturated heterocycles. The van der Waals surface area contributed by atoms with Crippen molar-refractivity contribution in [1.29, 1.82) is 0 Å². The minimum atomic E-state index is -0.0331. The zero-order valence-electron chi connectivity index (χ0n) is 15.0. The van der Waals surface area contributed by atoms with Crippen LogP contribution in [0.2, 0.25) is 0 Å². The fourth-order valence-electron chi connectivity index (χ4n) is 3.30. The number of carbonyl (C=O) groups is 2. The fraction of sp³-hybridized carbons (Fsp3) is 0.579. The Bertz CT molecular complexity index is 556. The standard InChI is InChI=1S/C19H29N3O2/c1-4-12-21(5-2)18-10-8-16(9-11-18)19(24)22-13-6-7-17(14-22)20-15(3)23/h8-11,17H,4-7,12-14H2,1-3H3,(H,20,23). The number of anilines is 1. The number of amides is 2. The third kappa shape index (κ3) is 4.73. The Labute approximate surface area is 145 Å². The van der Waals surface area contributed by atoms with Crippen LogP contribution in [0.5, 0.6) is 0 Å². The van der Waals surface area contributed by atoms with Gasteiger partial charge in [0.25, 0.3) is 5.91 Å². The lowest BCUT2D eigenvalue weighted by Crippen LogP contribution is -2.49. The van der Waals surface area contributed by atoms with Crippen molar-refractivity contribution in [2.45, 2.75) is 46.1 Å². The first-order chi connectivity index (χ1) is 11.5. The zero-order chi connectivity index (χ0) is 17.5. The number of carbonyl (C=O) groups excluding carboxylic acids is 2. The summed E-state index contributed by atoms with van der Waals surface area (Å²) in [5.74, 6) is 0.0179. The van der Waals surface area contributed by atoms with Gasteiger partial charge in [0.2, 0.25) is 5.91 Å². The van der Waals surface area contributed by atoms with Crippen LogP contribution >= 0.6 is 0 Å². The van der Waals surface area contributed by atoms with Crippen molar-refractivity contribution in [2.24, 2.45) is 0 Å². The molecule has 1 aromatic carbocycles. The second kappa shape index (κ2) is 8.71. The first-order valence-corrected chi connectivity index (χ1v) is 8.96. The van der Waals surface area contributed by atoms with Gasteiger partial charge in [-0.15, -0.1) is 0 Å². The maximum Gasteiger partial charge on any atom is 0.253 e. The highest BCUT2D eigenvalue weighted by atomic mass is 16.2. The number of hydrogen-bond acceptors (Lipinski definition) is 3. The highest BCUT2D eigenvalue weighted by Gasteiger charge is 2.24. The summed E-state index contributed by atoms with van der Waals surface area (Å²) in [5, 5.41) is 2.92. The van der Waals surface area contributed by atoms with Crippen LogP contribution in [0, 0.1) is 0 Å². The van der Waals surface area contributed by atoms with Crippen molar-refractivity contribution >= 4 is 17.5 Å². The van der Waals surface area contributed by atoms with Crippen molar-refractivity contribution in [2.75, 3.05) is 31.1 Å². The lowest BCUT2D eigenvalue weighted by Gasteiger charge is -2.33. The van der Waals surface area contributed by atoms with Gasteiger partial charge in [-0.05, 0) is 50.5 Å². The summed E-state index contributed by atoms with van der Waals surface area (Å²) in [5.41, 5.74) is 1.88. The number of benzene rings is 1. The average molecular weight is 331 g/mol. The van der Waals surface area contributed by atoms with E-state index in [1.807, 2.05) is 29.2 Å².